The van der Waals surface area contributed by atoms with E-state index in [2.05, 4.69) is 21.8 Å². The molecule has 0 saturated carbocycles. The highest BCUT2D eigenvalue weighted by Crippen LogP contribution is 2.28. The number of aryl methyl sites for hydroxylation is 1. The normalized spacial score (nSPS) is 14.6. The van der Waals surface area contributed by atoms with E-state index in [9.17, 15) is 4.79 Å². The number of anilines is 1. The summed E-state index contributed by atoms with van der Waals surface area (Å²) in [5.74, 6) is 1.74. The smallest absolute Gasteiger partial charge is 0.232 e. The second kappa shape index (κ2) is 8.46. The Morgan fingerprint density at radius 1 is 0.903 bits per heavy atom. The van der Waals surface area contributed by atoms with E-state index in [1.165, 1.54) is 0 Å². The van der Waals surface area contributed by atoms with Crippen molar-refractivity contribution in [3.8, 4) is 11.5 Å². The third kappa shape index (κ3) is 4.15. The highest BCUT2D eigenvalue weighted by Gasteiger charge is 2.35. The molecule has 0 bridgehead atoms. The molecular formula is C25H29N5O. The zero-order valence-electron chi connectivity index (χ0n) is 18.7. The van der Waals surface area contributed by atoms with Gasteiger partial charge in [-0.15, -0.1) is 0 Å². The number of hydrogen-bond acceptors (Lipinski definition) is 5. The molecular weight excluding hydrogens is 386 g/mol. The number of piperazine rings is 1. The van der Waals surface area contributed by atoms with Crippen molar-refractivity contribution >= 4 is 11.7 Å². The van der Waals surface area contributed by atoms with Crippen LogP contribution in [0, 0.1) is 13.8 Å². The van der Waals surface area contributed by atoms with Crippen LogP contribution in [0.15, 0.2) is 54.7 Å². The average molecular weight is 416 g/mol. The first kappa shape index (κ1) is 21.0. The molecule has 0 atom stereocenters. The molecule has 0 spiro atoms. The summed E-state index contributed by atoms with van der Waals surface area (Å²) in [7, 11) is 0. The number of carbonyl (C=O) groups is 1. The van der Waals surface area contributed by atoms with Gasteiger partial charge in [0.1, 0.15) is 11.5 Å². The summed E-state index contributed by atoms with van der Waals surface area (Å²) < 4.78 is 0. The number of benzene rings is 1. The molecule has 31 heavy (non-hydrogen) atoms. The number of rotatable bonds is 4. The van der Waals surface area contributed by atoms with Gasteiger partial charge in [-0.2, -0.15) is 0 Å². The van der Waals surface area contributed by atoms with Gasteiger partial charge < -0.3 is 9.80 Å². The summed E-state index contributed by atoms with van der Waals surface area (Å²) in [6, 6.07) is 15.8. The molecule has 1 aromatic carbocycles. The molecule has 3 heterocycles. The van der Waals surface area contributed by atoms with Crippen molar-refractivity contribution in [3.63, 3.8) is 0 Å². The summed E-state index contributed by atoms with van der Waals surface area (Å²) in [5, 5.41) is 0. The zero-order chi connectivity index (χ0) is 22.0. The van der Waals surface area contributed by atoms with Crippen molar-refractivity contribution in [1.82, 2.24) is 19.9 Å². The quantitative estimate of drug-likeness (QED) is 0.649. The molecule has 6 nitrogen and oxygen atoms in total. The standard InChI is InChI=1S/C25H29N5O/c1-18-19(2)27-22(21-12-8-9-13-26-21)28-23(18)29-14-16-30(17-15-29)24(31)25(3,4)20-10-6-5-7-11-20/h5-13H,14-17H2,1-4H3. The first-order valence-corrected chi connectivity index (χ1v) is 10.7. The Bertz CT molecular complexity index is 1060. The van der Waals surface area contributed by atoms with Crippen molar-refractivity contribution in [2.75, 3.05) is 31.1 Å². The van der Waals surface area contributed by atoms with E-state index in [-0.39, 0.29) is 5.91 Å². The Morgan fingerprint density at radius 3 is 2.23 bits per heavy atom. The molecule has 1 amide bonds. The van der Waals surface area contributed by atoms with Crippen LogP contribution in [0.2, 0.25) is 0 Å². The van der Waals surface area contributed by atoms with Crippen LogP contribution >= 0.6 is 0 Å². The van der Waals surface area contributed by atoms with E-state index in [1.54, 1.807) is 6.20 Å². The van der Waals surface area contributed by atoms with Crippen LogP contribution in [0.5, 0.6) is 0 Å². The Hall–Kier alpha value is -3.28. The molecule has 4 rings (SSSR count). The summed E-state index contributed by atoms with van der Waals surface area (Å²) in [4.78, 5) is 31.4. The number of amides is 1. The van der Waals surface area contributed by atoms with Crippen molar-refractivity contribution < 1.29 is 4.79 Å². The molecule has 0 aliphatic carbocycles. The number of carbonyl (C=O) groups excluding carboxylic acids is 1. The molecule has 1 fully saturated rings. The van der Waals surface area contributed by atoms with Gasteiger partial charge in [0.2, 0.25) is 5.91 Å². The fraction of sp³-hybridized carbons (Fsp3) is 0.360. The summed E-state index contributed by atoms with van der Waals surface area (Å²) in [5.41, 5.74) is 3.30. The van der Waals surface area contributed by atoms with E-state index < -0.39 is 5.41 Å². The molecule has 0 unspecified atom stereocenters. The van der Waals surface area contributed by atoms with Gasteiger partial charge in [0, 0.05) is 43.6 Å². The van der Waals surface area contributed by atoms with Crippen molar-refractivity contribution in [2.24, 2.45) is 0 Å². The summed E-state index contributed by atoms with van der Waals surface area (Å²) in [6.45, 7) is 10.9. The topological polar surface area (TPSA) is 62.2 Å². The second-order valence-electron chi connectivity index (χ2n) is 8.57. The van der Waals surface area contributed by atoms with E-state index in [4.69, 9.17) is 4.98 Å². The van der Waals surface area contributed by atoms with Gasteiger partial charge in [-0.05, 0) is 45.4 Å². The second-order valence-corrected chi connectivity index (χ2v) is 8.57. The SMILES string of the molecule is Cc1nc(-c2ccccn2)nc(N2CCN(C(=O)C(C)(C)c3ccccc3)CC2)c1C. The minimum Gasteiger partial charge on any atom is -0.353 e. The molecule has 1 aliphatic heterocycles. The van der Waals surface area contributed by atoms with Gasteiger partial charge in [0.15, 0.2) is 5.82 Å². The van der Waals surface area contributed by atoms with Crippen LogP contribution in [0.25, 0.3) is 11.5 Å². The van der Waals surface area contributed by atoms with Crippen LogP contribution in [-0.4, -0.2) is 51.9 Å². The molecule has 6 heteroatoms. The fourth-order valence-electron chi connectivity index (χ4n) is 4.03. The highest BCUT2D eigenvalue weighted by atomic mass is 16.2. The molecule has 2 aromatic heterocycles. The lowest BCUT2D eigenvalue weighted by Gasteiger charge is -2.39. The molecule has 1 aliphatic rings. The maximum atomic E-state index is 13.3. The van der Waals surface area contributed by atoms with Crippen LogP contribution in [0.3, 0.4) is 0 Å². The van der Waals surface area contributed by atoms with E-state index in [0.717, 1.165) is 41.4 Å². The maximum Gasteiger partial charge on any atom is 0.232 e. The molecule has 3 aromatic rings. The predicted molar refractivity (Wildman–Crippen MR) is 123 cm³/mol. The van der Waals surface area contributed by atoms with Crippen molar-refractivity contribution in [3.05, 3.63) is 71.5 Å². The summed E-state index contributed by atoms with van der Waals surface area (Å²) in [6.07, 6.45) is 1.76. The lowest BCUT2D eigenvalue weighted by molar-refractivity contribution is -0.136. The third-order valence-electron chi connectivity index (χ3n) is 6.15. The van der Waals surface area contributed by atoms with Crippen molar-refractivity contribution in [2.45, 2.75) is 33.1 Å². The lowest BCUT2D eigenvalue weighted by atomic mass is 9.83. The van der Waals surface area contributed by atoms with E-state index in [0.29, 0.717) is 18.9 Å². The molecule has 0 N–H and O–H groups in total. The van der Waals surface area contributed by atoms with Crippen LogP contribution in [0.4, 0.5) is 5.82 Å². The number of nitrogens with zero attached hydrogens (tertiary/aromatic N) is 5. The number of aromatic nitrogens is 3. The van der Waals surface area contributed by atoms with Gasteiger partial charge in [0.25, 0.3) is 0 Å². The Labute approximate surface area is 184 Å². The largest absolute Gasteiger partial charge is 0.353 e. The van der Waals surface area contributed by atoms with Crippen LogP contribution in [0.1, 0.15) is 30.7 Å². The Morgan fingerprint density at radius 2 is 1.58 bits per heavy atom. The molecule has 0 radical (unpaired) electrons. The monoisotopic (exact) mass is 415 g/mol. The highest BCUT2D eigenvalue weighted by molar-refractivity contribution is 5.87. The van der Waals surface area contributed by atoms with Crippen LogP contribution < -0.4 is 4.90 Å². The maximum absolute atomic E-state index is 13.3. The van der Waals surface area contributed by atoms with Gasteiger partial charge in [0.05, 0.1) is 5.41 Å². The first-order chi connectivity index (χ1) is 14.9. The summed E-state index contributed by atoms with van der Waals surface area (Å²) >= 11 is 0. The minimum atomic E-state index is -0.545. The van der Waals surface area contributed by atoms with Crippen molar-refractivity contribution in [1.29, 1.82) is 0 Å². The first-order valence-electron chi connectivity index (χ1n) is 10.7. The van der Waals surface area contributed by atoms with Gasteiger partial charge in [-0.25, -0.2) is 9.97 Å². The average Bonchev–Trinajstić information content (AvgIpc) is 2.81. The Balaban J connectivity index is 1.51. The minimum absolute atomic E-state index is 0.170. The fourth-order valence-corrected chi connectivity index (χ4v) is 4.03. The molecule has 160 valence electrons. The third-order valence-corrected chi connectivity index (χ3v) is 6.15. The predicted octanol–water partition coefficient (Wildman–Crippen LogP) is 3.78. The number of hydrogen-bond donors (Lipinski definition) is 0. The van der Waals surface area contributed by atoms with E-state index >= 15 is 0 Å². The van der Waals surface area contributed by atoms with Gasteiger partial charge >= 0.3 is 0 Å². The zero-order valence-corrected chi connectivity index (χ0v) is 18.7. The van der Waals surface area contributed by atoms with Gasteiger partial charge in [-0.1, -0.05) is 36.4 Å². The lowest BCUT2D eigenvalue weighted by Crippen LogP contribution is -2.53. The molecule has 1 saturated heterocycles. The number of pyridine rings is 1. The Kier molecular flexibility index (Phi) is 5.72. The van der Waals surface area contributed by atoms with Crippen LogP contribution in [-0.2, 0) is 10.2 Å². The van der Waals surface area contributed by atoms with Gasteiger partial charge in [-0.3, -0.25) is 9.78 Å². The van der Waals surface area contributed by atoms with E-state index in [1.807, 2.05) is 74.2 Å².